The van der Waals surface area contributed by atoms with E-state index < -0.39 is 0 Å². The molecule has 0 saturated heterocycles. The lowest BCUT2D eigenvalue weighted by Crippen LogP contribution is -2.17. The van der Waals surface area contributed by atoms with Gasteiger partial charge in [-0.15, -0.1) is 0 Å². The summed E-state index contributed by atoms with van der Waals surface area (Å²) in [7, 11) is 0. The number of nitrogens with one attached hydrogen (secondary N) is 1. The summed E-state index contributed by atoms with van der Waals surface area (Å²) in [5.41, 5.74) is 0.676. The number of halogens is 2. The third kappa shape index (κ3) is 3.00. The zero-order valence-corrected chi connectivity index (χ0v) is 13.7. The van der Waals surface area contributed by atoms with E-state index in [9.17, 15) is 4.79 Å². The fourth-order valence-corrected chi connectivity index (χ4v) is 2.67. The summed E-state index contributed by atoms with van der Waals surface area (Å²) in [6.07, 6.45) is 5.98. The molecule has 0 aliphatic heterocycles. The molecule has 1 fully saturated rings. The minimum Gasteiger partial charge on any atom is -0.339 e. The van der Waals surface area contributed by atoms with E-state index in [1.807, 2.05) is 22.9 Å². The summed E-state index contributed by atoms with van der Waals surface area (Å²) in [6, 6.07) is 6.04. The molecule has 4 nitrogen and oxygen atoms in total. The van der Waals surface area contributed by atoms with Gasteiger partial charge in [-0.3, -0.25) is 4.79 Å². The van der Waals surface area contributed by atoms with Crippen molar-refractivity contribution in [3.05, 3.63) is 44.3 Å². The van der Waals surface area contributed by atoms with E-state index in [1.165, 1.54) is 0 Å². The van der Waals surface area contributed by atoms with Gasteiger partial charge in [-0.1, -0.05) is 0 Å². The van der Waals surface area contributed by atoms with Gasteiger partial charge < -0.3 is 9.88 Å². The van der Waals surface area contributed by atoms with Crippen molar-refractivity contribution in [3.63, 3.8) is 0 Å². The van der Waals surface area contributed by atoms with Crippen molar-refractivity contribution in [1.29, 1.82) is 0 Å². The van der Waals surface area contributed by atoms with Crippen molar-refractivity contribution in [1.82, 2.24) is 9.55 Å². The van der Waals surface area contributed by atoms with Crippen LogP contribution in [0.1, 0.15) is 29.4 Å². The van der Waals surface area contributed by atoms with Crippen molar-refractivity contribution in [2.75, 3.05) is 5.32 Å². The number of rotatable bonds is 3. The second-order valence-corrected chi connectivity index (χ2v) is 6.66. The Morgan fingerprint density at radius 2 is 2.26 bits per heavy atom. The number of hydrogen-bond acceptors (Lipinski definition) is 2. The molecule has 2 heterocycles. The molecule has 1 amide bonds. The number of amides is 1. The maximum Gasteiger partial charge on any atom is 0.273 e. The van der Waals surface area contributed by atoms with Gasteiger partial charge in [0, 0.05) is 26.5 Å². The number of hydrogen-bond donors (Lipinski definition) is 1. The van der Waals surface area contributed by atoms with Crippen LogP contribution in [-0.4, -0.2) is 15.5 Å². The topological polar surface area (TPSA) is 46.9 Å². The van der Waals surface area contributed by atoms with Crippen LogP contribution in [-0.2, 0) is 0 Å². The van der Waals surface area contributed by atoms with Gasteiger partial charge in [0.15, 0.2) is 0 Å². The first-order valence-electron chi connectivity index (χ1n) is 5.94. The molecule has 0 spiro atoms. The van der Waals surface area contributed by atoms with Gasteiger partial charge in [-0.05, 0) is 69.6 Å². The zero-order chi connectivity index (χ0) is 13.4. The number of anilines is 1. The van der Waals surface area contributed by atoms with Crippen molar-refractivity contribution in [2.24, 2.45) is 0 Å². The molecular formula is C13H11BrIN3O. The van der Waals surface area contributed by atoms with E-state index in [4.69, 9.17) is 0 Å². The van der Waals surface area contributed by atoms with Gasteiger partial charge in [-0.2, -0.15) is 0 Å². The molecule has 0 aromatic carbocycles. The minimum absolute atomic E-state index is 0.119. The monoisotopic (exact) mass is 431 g/mol. The van der Waals surface area contributed by atoms with Crippen LogP contribution >= 0.6 is 38.5 Å². The lowest BCUT2D eigenvalue weighted by Gasteiger charge is -2.08. The molecule has 2 aromatic rings. The summed E-state index contributed by atoms with van der Waals surface area (Å²) in [5.74, 6) is 0.455. The molecule has 2 aromatic heterocycles. The van der Waals surface area contributed by atoms with Crippen LogP contribution in [0.15, 0.2) is 35.1 Å². The van der Waals surface area contributed by atoms with Crippen molar-refractivity contribution in [2.45, 2.75) is 18.9 Å². The summed E-state index contributed by atoms with van der Waals surface area (Å²) in [6.45, 7) is 0. The van der Waals surface area contributed by atoms with Crippen LogP contribution in [0.25, 0.3) is 0 Å². The first kappa shape index (κ1) is 13.1. The molecule has 1 N–H and O–H groups in total. The van der Waals surface area contributed by atoms with E-state index in [0.29, 0.717) is 17.6 Å². The highest BCUT2D eigenvalue weighted by molar-refractivity contribution is 14.1. The lowest BCUT2D eigenvalue weighted by molar-refractivity contribution is 0.101. The number of nitrogens with zero attached hydrogens (tertiary/aromatic N) is 2. The largest absolute Gasteiger partial charge is 0.339 e. The molecule has 1 aliphatic carbocycles. The average molecular weight is 432 g/mol. The number of aromatic nitrogens is 2. The van der Waals surface area contributed by atoms with Crippen molar-refractivity contribution in [3.8, 4) is 0 Å². The van der Waals surface area contributed by atoms with Gasteiger partial charge in [-0.25, -0.2) is 4.98 Å². The van der Waals surface area contributed by atoms with Gasteiger partial charge in [0.25, 0.3) is 5.91 Å². The van der Waals surface area contributed by atoms with Crippen LogP contribution in [0.4, 0.5) is 5.82 Å². The van der Waals surface area contributed by atoms with Crippen molar-refractivity contribution < 1.29 is 4.79 Å². The van der Waals surface area contributed by atoms with E-state index in [-0.39, 0.29) is 5.91 Å². The Hall–Kier alpha value is -0.890. The molecule has 0 bridgehead atoms. The molecule has 0 atom stereocenters. The third-order valence-corrected chi connectivity index (χ3v) is 4.03. The van der Waals surface area contributed by atoms with Crippen LogP contribution in [0.5, 0.6) is 0 Å². The smallest absolute Gasteiger partial charge is 0.273 e. The summed E-state index contributed by atoms with van der Waals surface area (Å²) in [4.78, 5) is 16.5. The quantitative estimate of drug-likeness (QED) is 0.750. The highest BCUT2D eigenvalue weighted by Gasteiger charge is 2.27. The van der Waals surface area contributed by atoms with Crippen LogP contribution in [0.2, 0.25) is 0 Å². The third-order valence-electron chi connectivity index (χ3n) is 2.96. The van der Waals surface area contributed by atoms with Gasteiger partial charge in [0.05, 0.1) is 0 Å². The molecule has 19 heavy (non-hydrogen) atoms. The second kappa shape index (κ2) is 5.24. The minimum atomic E-state index is -0.119. The number of pyridine rings is 1. The first-order valence-corrected chi connectivity index (χ1v) is 7.81. The van der Waals surface area contributed by atoms with E-state index >= 15 is 0 Å². The van der Waals surface area contributed by atoms with Crippen LogP contribution in [0, 0.1) is 3.57 Å². The Kier molecular flexibility index (Phi) is 3.62. The van der Waals surface area contributed by atoms with E-state index in [1.54, 1.807) is 12.3 Å². The molecule has 6 heteroatoms. The number of carbonyl (C=O) groups is 1. The van der Waals surface area contributed by atoms with Gasteiger partial charge in [0.2, 0.25) is 0 Å². The van der Waals surface area contributed by atoms with Gasteiger partial charge in [0.1, 0.15) is 11.5 Å². The predicted octanol–water partition coefficient (Wildman–Crippen LogP) is 3.84. The Bertz CT molecular complexity index is 619. The number of carbonyl (C=O) groups excluding carboxylic acids is 1. The van der Waals surface area contributed by atoms with Crippen molar-refractivity contribution >= 4 is 50.2 Å². The molecule has 1 aliphatic rings. The molecule has 98 valence electrons. The fraction of sp³-hybridized carbons (Fsp3) is 0.231. The zero-order valence-electron chi connectivity index (χ0n) is 9.94. The van der Waals surface area contributed by atoms with Gasteiger partial charge >= 0.3 is 0 Å². The molecular weight excluding hydrogens is 421 g/mol. The van der Waals surface area contributed by atoms with Crippen LogP contribution < -0.4 is 5.32 Å². The van der Waals surface area contributed by atoms with E-state index in [0.717, 1.165) is 20.9 Å². The maximum absolute atomic E-state index is 12.3. The molecule has 1 saturated carbocycles. The Morgan fingerprint density at radius 3 is 2.89 bits per heavy atom. The lowest BCUT2D eigenvalue weighted by atomic mass is 10.3. The molecule has 0 radical (unpaired) electrons. The normalized spacial score (nSPS) is 14.4. The first-order chi connectivity index (χ1) is 9.13. The average Bonchev–Trinajstić information content (AvgIpc) is 3.15. The summed E-state index contributed by atoms with van der Waals surface area (Å²) < 4.78 is 4.01. The predicted molar refractivity (Wildman–Crippen MR) is 85.3 cm³/mol. The fourth-order valence-electron chi connectivity index (χ4n) is 1.91. The summed E-state index contributed by atoms with van der Waals surface area (Å²) >= 11 is 5.61. The Morgan fingerprint density at radius 1 is 1.47 bits per heavy atom. The molecule has 3 rings (SSSR count). The van der Waals surface area contributed by atoms with Crippen LogP contribution in [0.3, 0.4) is 0 Å². The highest BCUT2D eigenvalue weighted by Crippen LogP contribution is 2.37. The summed E-state index contributed by atoms with van der Waals surface area (Å²) in [5, 5.41) is 2.83. The highest BCUT2D eigenvalue weighted by atomic mass is 127. The Balaban J connectivity index is 1.82. The standard InChI is InChI=1S/C13H11BrIN3O/c14-8-5-11(18(7-8)10-2-3-10)13(19)17-12-4-1-9(15)6-16-12/h1,4-7,10H,2-3H2,(H,16,17,19). The SMILES string of the molecule is O=C(Nc1ccc(I)cn1)c1cc(Br)cn1C1CC1. The second-order valence-electron chi connectivity index (χ2n) is 4.50. The molecule has 0 unspecified atom stereocenters. The Labute approximate surface area is 132 Å². The maximum atomic E-state index is 12.3. The van der Waals surface area contributed by atoms with E-state index in [2.05, 4.69) is 48.8 Å².